The number of aliphatic hydroxyl groups is 8. The van der Waals surface area contributed by atoms with Crippen molar-refractivity contribution in [2.45, 2.75) is 357 Å². The topological polar surface area (TPSA) is 228 Å². The molecule has 0 aromatic rings. The van der Waals surface area contributed by atoms with Gasteiger partial charge in [-0.25, -0.2) is 0 Å². The molecule has 2 heterocycles. The maximum Gasteiger partial charge on any atom is 0.220 e. The van der Waals surface area contributed by atoms with Gasteiger partial charge in [0.1, 0.15) is 48.8 Å². The van der Waals surface area contributed by atoms with Gasteiger partial charge < -0.3 is 65.1 Å². The summed E-state index contributed by atoms with van der Waals surface area (Å²) < 4.78 is 22.9. The lowest BCUT2D eigenvalue weighted by Crippen LogP contribution is -2.65. The van der Waals surface area contributed by atoms with Gasteiger partial charge in [-0.15, -0.1) is 0 Å². The standard InChI is InChI=1S/C72H129NO13/c1-3-5-7-9-11-13-15-17-19-21-23-25-27-29-30-32-34-36-38-40-42-44-46-48-50-52-54-56-64(77)73-60(59-83-71-69(82)67(80)70(63(58-75)85-71)86-72-68(81)66(79)65(78)62(57-74)84-72)61(76)55-53-51-49-47-45-43-41-39-37-35-33-31-28-26-24-22-20-18-16-14-12-10-8-6-4-2/h5,7,11,13,17,19,23,25,29-30,34,36,60-63,65-72,74-76,78-82H,3-4,6,8-10,12,14-16,18,20-22,24,26-28,31-33,35,37-59H2,1-2H3,(H,73,77)/b7-5-,13-11-,19-17-,25-23-,30-29-,36-34-. The molecular formula is C72H129NO13. The number of hydrogen-bond acceptors (Lipinski definition) is 13. The van der Waals surface area contributed by atoms with Gasteiger partial charge in [0.2, 0.25) is 5.91 Å². The van der Waals surface area contributed by atoms with Crippen molar-refractivity contribution in [2.24, 2.45) is 0 Å². The third kappa shape index (κ3) is 40.2. The van der Waals surface area contributed by atoms with E-state index in [2.05, 4.69) is 92.1 Å². The summed E-state index contributed by atoms with van der Waals surface area (Å²) >= 11 is 0. The van der Waals surface area contributed by atoms with Crippen LogP contribution in [-0.4, -0.2) is 140 Å². The van der Waals surface area contributed by atoms with E-state index in [0.717, 1.165) is 89.9 Å². The zero-order chi connectivity index (χ0) is 62.3. The van der Waals surface area contributed by atoms with Crippen molar-refractivity contribution in [2.75, 3.05) is 19.8 Å². The van der Waals surface area contributed by atoms with Gasteiger partial charge in [0.15, 0.2) is 12.6 Å². The summed E-state index contributed by atoms with van der Waals surface area (Å²) in [5.41, 5.74) is 0. The molecule has 9 N–H and O–H groups in total. The van der Waals surface area contributed by atoms with Crippen molar-refractivity contribution >= 4 is 5.91 Å². The molecule has 2 aliphatic rings. The van der Waals surface area contributed by atoms with E-state index < -0.39 is 86.8 Å². The lowest BCUT2D eigenvalue weighted by Gasteiger charge is -2.46. The number of carbonyl (C=O) groups is 1. The first-order chi connectivity index (χ1) is 42.1. The highest BCUT2D eigenvalue weighted by Gasteiger charge is 2.51. The van der Waals surface area contributed by atoms with E-state index in [0.29, 0.717) is 19.3 Å². The molecule has 14 heteroatoms. The Morgan fingerprint density at radius 2 is 0.802 bits per heavy atom. The first-order valence-electron chi connectivity index (χ1n) is 35.2. The van der Waals surface area contributed by atoms with Gasteiger partial charge in [-0.2, -0.15) is 0 Å². The Balaban J connectivity index is 1.69. The summed E-state index contributed by atoms with van der Waals surface area (Å²) in [7, 11) is 0. The quantitative estimate of drug-likeness (QED) is 0.0204. The van der Waals surface area contributed by atoms with Crippen molar-refractivity contribution in [3.8, 4) is 0 Å². The smallest absolute Gasteiger partial charge is 0.220 e. The molecular weight excluding hydrogens is 1090 g/mol. The van der Waals surface area contributed by atoms with Gasteiger partial charge >= 0.3 is 0 Å². The maximum absolute atomic E-state index is 13.4. The zero-order valence-corrected chi connectivity index (χ0v) is 54.3. The highest BCUT2D eigenvalue weighted by atomic mass is 16.7. The van der Waals surface area contributed by atoms with Crippen molar-refractivity contribution in [3.05, 3.63) is 72.9 Å². The van der Waals surface area contributed by atoms with Crippen LogP contribution in [0.3, 0.4) is 0 Å². The number of hydrogen-bond donors (Lipinski definition) is 9. The normalized spacial score (nSPS) is 23.8. The van der Waals surface area contributed by atoms with Gasteiger partial charge in [0, 0.05) is 6.42 Å². The molecule has 0 aromatic heterocycles. The third-order valence-corrected chi connectivity index (χ3v) is 16.9. The Morgan fingerprint density at radius 1 is 0.430 bits per heavy atom. The Labute approximate surface area is 523 Å². The van der Waals surface area contributed by atoms with Gasteiger partial charge in [-0.3, -0.25) is 4.79 Å². The number of carbonyl (C=O) groups excluding carboxylic acids is 1. The third-order valence-electron chi connectivity index (χ3n) is 16.9. The van der Waals surface area contributed by atoms with Gasteiger partial charge in [-0.05, 0) is 64.2 Å². The van der Waals surface area contributed by atoms with Crippen molar-refractivity contribution < 1.29 is 64.6 Å². The van der Waals surface area contributed by atoms with Crippen molar-refractivity contribution in [3.63, 3.8) is 0 Å². The average molecular weight is 1220 g/mol. The van der Waals surface area contributed by atoms with E-state index in [9.17, 15) is 45.6 Å². The number of allylic oxidation sites excluding steroid dienone is 12. The summed E-state index contributed by atoms with van der Waals surface area (Å²) in [6.45, 7) is 2.77. The fourth-order valence-corrected chi connectivity index (χ4v) is 11.4. The molecule has 0 saturated carbocycles. The molecule has 2 rings (SSSR count). The fraction of sp³-hybridized carbons (Fsp3) is 0.819. The summed E-state index contributed by atoms with van der Waals surface area (Å²) in [6, 6.07) is -0.839. The molecule has 86 heavy (non-hydrogen) atoms. The number of ether oxygens (including phenoxy) is 4. The largest absolute Gasteiger partial charge is 0.394 e. The SMILES string of the molecule is CC/C=C\C/C=C\C/C=C\C/C=C\C/C=C\C/C=C\CCCCCCCCCCC(=O)NC(COC1OC(CO)C(OC2OC(CO)C(O)C(O)C2O)C(O)C1O)C(O)CCCCCCCCCCCCCCCCCCCCCCCCCCC. The molecule has 2 aliphatic heterocycles. The van der Waals surface area contributed by atoms with Crippen LogP contribution in [0.5, 0.6) is 0 Å². The molecule has 0 spiro atoms. The summed E-state index contributed by atoms with van der Waals surface area (Å²) in [5.74, 6) is -0.215. The highest BCUT2D eigenvalue weighted by molar-refractivity contribution is 5.76. The molecule has 0 radical (unpaired) electrons. The van der Waals surface area contributed by atoms with Gasteiger partial charge in [-0.1, -0.05) is 286 Å². The minimum absolute atomic E-state index is 0.215. The van der Waals surface area contributed by atoms with E-state index in [1.165, 1.54) is 161 Å². The Kier molecular flexibility index (Phi) is 52.2. The minimum Gasteiger partial charge on any atom is -0.394 e. The molecule has 500 valence electrons. The van der Waals surface area contributed by atoms with Crippen LogP contribution in [0.4, 0.5) is 0 Å². The zero-order valence-electron chi connectivity index (χ0n) is 54.3. The van der Waals surface area contributed by atoms with Crippen LogP contribution in [0.15, 0.2) is 72.9 Å². The van der Waals surface area contributed by atoms with Crippen LogP contribution in [0.1, 0.15) is 284 Å². The van der Waals surface area contributed by atoms with Crippen LogP contribution in [0, 0.1) is 0 Å². The van der Waals surface area contributed by atoms with E-state index in [1.54, 1.807) is 0 Å². The predicted octanol–water partition coefficient (Wildman–Crippen LogP) is 14.2. The Hall–Kier alpha value is -2.57. The number of amides is 1. The second-order valence-electron chi connectivity index (χ2n) is 24.6. The lowest BCUT2D eigenvalue weighted by molar-refractivity contribution is -0.359. The highest BCUT2D eigenvalue weighted by Crippen LogP contribution is 2.30. The van der Waals surface area contributed by atoms with Gasteiger partial charge in [0.25, 0.3) is 0 Å². The first kappa shape index (κ1) is 79.5. The molecule has 14 nitrogen and oxygen atoms in total. The number of nitrogens with one attached hydrogen (secondary N) is 1. The monoisotopic (exact) mass is 1220 g/mol. The molecule has 1 amide bonds. The van der Waals surface area contributed by atoms with Crippen molar-refractivity contribution in [1.82, 2.24) is 5.32 Å². The summed E-state index contributed by atoms with van der Waals surface area (Å²) in [4.78, 5) is 13.4. The van der Waals surface area contributed by atoms with Crippen LogP contribution in [0.2, 0.25) is 0 Å². The van der Waals surface area contributed by atoms with Crippen LogP contribution in [-0.2, 0) is 23.7 Å². The molecule has 2 fully saturated rings. The first-order valence-corrected chi connectivity index (χ1v) is 35.2. The number of unbranched alkanes of at least 4 members (excludes halogenated alkanes) is 32. The van der Waals surface area contributed by atoms with E-state index in [4.69, 9.17) is 18.9 Å². The van der Waals surface area contributed by atoms with Crippen molar-refractivity contribution in [1.29, 1.82) is 0 Å². The molecule has 12 atom stereocenters. The van der Waals surface area contributed by atoms with E-state index >= 15 is 0 Å². The van der Waals surface area contributed by atoms with Crippen LogP contribution >= 0.6 is 0 Å². The summed E-state index contributed by atoms with van der Waals surface area (Å²) in [5, 5.41) is 87.6. The predicted molar refractivity (Wildman–Crippen MR) is 350 cm³/mol. The van der Waals surface area contributed by atoms with E-state index in [-0.39, 0.29) is 12.5 Å². The Bertz CT molecular complexity index is 1720. The molecule has 12 unspecified atom stereocenters. The maximum atomic E-state index is 13.4. The van der Waals surface area contributed by atoms with E-state index in [1.807, 2.05) is 0 Å². The molecule has 0 aliphatic carbocycles. The number of rotatable bonds is 57. The van der Waals surface area contributed by atoms with Crippen LogP contribution in [0.25, 0.3) is 0 Å². The minimum atomic E-state index is -1.79. The van der Waals surface area contributed by atoms with Crippen LogP contribution < -0.4 is 5.32 Å². The lowest BCUT2D eigenvalue weighted by atomic mass is 9.97. The Morgan fingerprint density at radius 3 is 1.23 bits per heavy atom. The molecule has 2 saturated heterocycles. The van der Waals surface area contributed by atoms with Gasteiger partial charge in [0.05, 0.1) is 32.0 Å². The fourth-order valence-electron chi connectivity index (χ4n) is 11.4. The second kappa shape index (κ2) is 56.4. The second-order valence-corrected chi connectivity index (χ2v) is 24.6. The molecule has 0 aromatic carbocycles. The summed E-state index contributed by atoms with van der Waals surface area (Å²) in [6.07, 6.45) is 59.0. The number of aliphatic hydroxyl groups excluding tert-OH is 8. The molecule has 0 bridgehead atoms. The average Bonchev–Trinajstić information content (AvgIpc) is 2.53.